The SMILES string of the molecule is CC[C@@H](Oc1ccc2c(c1)[C@H](c1ccc(F)cc1)N(C(=O)C1CCCC1)CC2)C(=O)Nc1ccc(C)cc1. The van der Waals surface area contributed by atoms with Gasteiger partial charge in [0.15, 0.2) is 6.10 Å². The summed E-state index contributed by atoms with van der Waals surface area (Å²) in [6.45, 7) is 4.55. The molecule has 3 aromatic carbocycles. The van der Waals surface area contributed by atoms with Crippen LogP contribution in [-0.2, 0) is 16.0 Å². The van der Waals surface area contributed by atoms with Gasteiger partial charge in [0, 0.05) is 18.2 Å². The molecule has 2 amide bonds. The van der Waals surface area contributed by atoms with E-state index in [-0.39, 0.29) is 29.6 Å². The van der Waals surface area contributed by atoms with Gasteiger partial charge in [-0.2, -0.15) is 0 Å². The number of nitrogens with zero attached hydrogens (tertiary/aromatic N) is 1. The smallest absolute Gasteiger partial charge is 0.265 e. The van der Waals surface area contributed by atoms with Crippen LogP contribution in [0.1, 0.15) is 67.3 Å². The summed E-state index contributed by atoms with van der Waals surface area (Å²) in [4.78, 5) is 28.6. The van der Waals surface area contributed by atoms with Gasteiger partial charge in [-0.3, -0.25) is 9.59 Å². The number of fused-ring (bicyclic) bond motifs is 1. The number of anilines is 1. The topological polar surface area (TPSA) is 58.6 Å². The van der Waals surface area contributed by atoms with Crippen LogP contribution >= 0.6 is 0 Å². The molecular formula is C32H35FN2O3. The largest absolute Gasteiger partial charge is 0.481 e. The van der Waals surface area contributed by atoms with Crippen molar-refractivity contribution in [1.82, 2.24) is 4.90 Å². The molecule has 0 saturated heterocycles. The molecule has 2 aliphatic rings. The second-order valence-electron chi connectivity index (χ2n) is 10.4. The van der Waals surface area contributed by atoms with Crippen LogP contribution in [0.15, 0.2) is 66.7 Å². The number of rotatable bonds is 7. The molecule has 2 atom stereocenters. The first-order valence-electron chi connectivity index (χ1n) is 13.7. The quantitative estimate of drug-likeness (QED) is 0.387. The van der Waals surface area contributed by atoms with Crippen molar-refractivity contribution >= 4 is 17.5 Å². The number of halogens is 1. The van der Waals surface area contributed by atoms with Crippen molar-refractivity contribution in [3.63, 3.8) is 0 Å². The molecule has 1 aliphatic carbocycles. The standard InChI is InChI=1S/C32H35FN2O3/c1-3-29(31(36)34-26-15-8-21(2)9-16-26)38-27-17-12-22-18-19-35(32(37)24-6-4-5-7-24)30(28(22)20-27)23-10-13-25(33)14-11-23/h8-17,20,24,29-30H,3-7,18-19H2,1-2H3,(H,34,36)/t29-,30+/m1/s1. The van der Waals surface area contributed by atoms with Crippen molar-refractivity contribution in [1.29, 1.82) is 0 Å². The first-order chi connectivity index (χ1) is 18.4. The molecule has 0 radical (unpaired) electrons. The van der Waals surface area contributed by atoms with E-state index < -0.39 is 6.10 Å². The summed E-state index contributed by atoms with van der Waals surface area (Å²) < 4.78 is 20.0. The normalized spacial score (nSPS) is 18.1. The molecule has 6 heteroatoms. The van der Waals surface area contributed by atoms with Gasteiger partial charge >= 0.3 is 0 Å². The highest BCUT2D eigenvalue weighted by molar-refractivity contribution is 5.94. The summed E-state index contributed by atoms with van der Waals surface area (Å²) >= 11 is 0. The van der Waals surface area contributed by atoms with Crippen molar-refractivity contribution in [2.24, 2.45) is 5.92 Å². The van der Waals surface area contributed by atoms with Crippen LogP contribution in [0.4, 0.5) is 10.1 Å². The first kappa shape index (κ1) is 26.0. The average Bonchev–Trinajstić information content (AvgIpc) is 3.47. The highest BCUT2D eigenvalue weighted by Crippen LogP contribution is 2.40. The predicted molar refractivity (Wildman–Crippen MR) is 147 cm³/mol. The Hall–Kier alpha value is -3.67. The molecule has 1 N–H and O–H groups in total. The number of hydrogen-bond donors (Lipinski definition) is 1. The minimum Gasteiger partial charge on any atom is -0.481 e. The minimum atomic E-state index is -0.668. The number of nitrogens with one attached hydrogen (secondary N) is 1. The van der Waals surface area contributed by atoms with Gasteiger partial charge in [0.2, 0.25) is 5.91 Å². The lowest BCUT2D eigenvalue weighted by Gasteiger charge is -2.39. The number of amides is 2. The summed E-state index contributed by atoms with van der Waals surface area (Å²) in [7, 11) is 0. The molecule has 5 rings (SSSR count). The van der Waals surface area contributed by atoms with Crippen LogP contribution in [0.3, 0.4) is 0 Å². The van der Waals surface area contributed by atoms with E-state index >= 15 is 0 Å². The predicted octanol–water partition coefficient (Wildman–Crippen LogP) is 6.59. The van der Waals surface area contributed by atoms with Gasteiger partial charge in [-0.25, -0.2) is 4.39 Å². The fourth-order valence-electron chi connectivity index (χ4n) is 5.66. The molecule has 0 bridgehead atoms. The van der Waals surface area contributed by atoms with E-state index in [0.29, 0.717) is 18.7 Å². The maximum Gasteiger partial charge on any atom is 0.265 e. The van der Waals surface area contributed by atoms with Crippen molar-refractivity contribution in [3.8, 4) is 5.75 Å². The molecule has 0 unspecified atom stereocenters. The van der Waals surface area contributed by atoms with Gasteiger partial charge < -0.3 is 15.0 Å². The van der Waals surface area contributed by atoms with E-state index in [9.17, 15) is 14.0 Å². The molecule has 1 heterocycles. The Morgan fingerprint density at radius 3 is 2.42 bits per heavy atom. The lowest BCUT2D eigenvalue weighted by Crippen LogP contribution is -2.43. The Kier molecular flexibility index (Phi) is 7.77. The summed E-state index contributed by atoms with van der Waals surface area (Å²) in [5, 5.41) is 2.94. The van der Waals surface area contributed by atoms with Gasteiger partial charge in [-0.1, -0.05) is 55.7 Å². The highest BCUT2D eigenvalue weighted by Gasteiger charge is 2.36. The van der Waals surface area contributed by atoms with Crippen molar-refractivity contribution < 1.29 is 18.7 Å². The highest BCUT2D eigenvalue weighted by atomic mass is 19.1. The van der Waals surface area contributed by atoms with Crippen LogP contribution < -0.4 is 10.1 Å². The molecule has 198 valence electrons. The third-order valence-electron chi connectivity index (χ3n) is 7.78. The first-order valence-corrected chi connectivity index (χ1v) is 13.7. The maximum absolute atomic E-state index is 13.8. The van der Waals surface area contributed by atoms with Crippen LogP contribution in [-0.4, -0.2) is 29.4 Å². The zero-order valence-corrected chi connectivity index (χ0v) is 22.1. The second-order valence-corrected chi connectivity index (χ2v) is 10.4. The van der Waals surface area contributed by atoms with Gasteiger partial charge in [-0.05, 0) is 85.7 Å². The van der Waals surface area contributed by atoms with E-state index in [1.54, 1.807) is 12.1 Å². The van der Waals surface area contributed by atoms with Crippen LogP contribution in [0.25, 0.3) is 0 Å². The van der Waals surface area contributed by atoms with Gasteiger partial charge in [-0.15, -0.1) is 0 Å². The Balaban J connectivity index is 1.42. The summed E-state index contributed by atoms with van der Waals surface area (Å²) in [5.74, 6) is 0.298. The molecule has 5 nitrogen and oxygen atoms in total. The second kappa shape index (κ2) is 11.4. The van der Waals surface area contributed by atoms with E-state index in [2.05, 4.69) is 5.32 Å². The average molecular weight is 515 g/mol. The Bertz CT molecular complexity index is 1280. The molecule has 0 aromatic heterocycles. The molecule has 38 heavy (non-hydrogen) atoms. The summed E-state index contributed by atoms with van der Waals surface area (Å²) in [6.07, 6.45) is 4.61. The molecule has 1 saturated carbocycles. The minimum absolute atomic E-state index is 0.0499. The lowest BCUT2D eigenvalue weighted by molar-refractivity contribution is -0.137. The summed E-state index contributed by atoms with van der Waals surface area (Å²) in [6, 6.07) is 19.7. The Morgan fingerprint density at radius 2 is 1.74 bits per heavy atom. The molecular weight excluding hydrogens is 479 g/mol. The summed E-state index contributed by atoms with van der Waals surface area (Å²) in [5.41, 5.74) is 4.84. The van der Waals surface area contributed by atoms with E-state index in [4.69, 9.17) is 4.74 Å². The van der Waals surface area contributed by atoms with Gasteiger partial charge in [0.05, 0.1) is 6.04 Å². The van der Waals surface area contributed by atoms with E-state index in [1.807, 2.05) is 61.2 Å². The number of hydrogen-bond acceptors (Lipinski definition) is 3. The fourth-order valence-corrected chi connectivity index (χ4v) is 5.66. The van der Waals surface area contributed by atoms with E-state index in [0.717, 1.165) is 60.0 Å². The lowest BCUT2D eigenvalue weighted by atomic mass is 9.87. The number of benzene rings is 3. The zero-order chi connectivity index (χ0) is 26.6. The van der Waals surface area contributed by atoms with Gasteiger partial charge in [0.25, 0.3) is 5.91 Å². The molecule has 3 aromatic rings. The van der Waals surface area contributed by atoms with Crippen molar-refractivity contribution in [2.45, 2.75) is 64.5 Å². The molecule has 1 aliphatic heterocycles. The maximum atomic E-state index is 13.8. The van der Waals surface area contributed by atoms with Crippen LogP contribution in [0.5, 0.6) is 5.75 Å². The van der Waals surface area contributed by atoms with Crippen molar-refractivity contribution in [2.75, 3.05) is 11.9 Å². The number of ether oxygens (including phenoxy) is 1. The molecule has 0 spiro atoms. The number of carbonyl (C=O) groups excluding carboxylic acids is 2. The Labute approximate surface area is 224 Å². The van der Waals surface area contributed by atoms with Crippen LogP contribution in [0, 0.1) is 18.7 Å². The van der Waals surface area contributed by atoms with E-state index in [1.165, 1.54) is 12.1 Å². The van der Waals surface area contributed by atoms with Crippen molar-refractivity contribution in [3.05, 3.63) is 94.8 Å². The Morgan fingerprint density at radius 1 is 1.03 bits per heavy atom. The fraction of sp³-hybridized carbons (Fsp3) is 0.375. The monoisotopic (exact) mass is 514 g/mol. The third-order valence-corrected chi connectivity index (χ3v) is 7.78. The molecule has 1 fully saturated rings. The van der Waals surface area contributed by atoms with Gasteiger partial charge in [0.1, 0.15) is 11.6 Å². The third kappa shape index (κ3) is 5.59. The zero-order valence-electron chi connectivity index (χ0n) is 22.1. The number of carbonyl (C=O) groups is 2. The number of aryl methyl sites for hydroxylation is 1. The van der Waals surface area contributed by atoms with Crippen LogP contribution in [0.2, 0.25) is 0 Å².